The van der Waals surface area contributed by atoms with Crippen molar-refractivity contribution in [2.45, 2.75) is 17.1 Å². The Hall–Kier alpha value is -5.51. The number of thioether (sulfide) groups is 1. The number of hydrogen-bond donors (Lipinski definition) is 3. The number of Topliss-reactive ketones (excluding diaryl/α,β-unsaturated/α-hetero) is 1. The van der Waals surface area contributed by atoms with E-state index in [9.17, 15) is 23.6 Å². The first-order valence-corrected chi connectivity index (χ1v) is 16.0. The molecule has 0 aliphatic carbocycles. The predicted molar refractivity (Wildman–Crippen MR) is 188 cm³/mol. The highest BCUT2D eigenvalue weighted by Crippen LogP contribution is 2.37. The maximum atomic E-state index is 14.7. The van der Waals surface area contributed by atoms with Crippen LogP contribution in [-0.2, 0) is 9.59 Å². The highest BCUT2D eigenvalue weighted by atomic mass is 35.5. The molecule has 0 aliphatic heterocycles. The van der Waals surface area contributed by atoms with Crippen LogP contribution in [0.25, 0.3) is 6.08 Å². The van der Waals surface area contributed by atoms with Gasteiger partial charge < -0.3 is 16.0 Å². The van der Waals surface area contributed by atoms with E-state index in [0.29, 0.717) is 27.4 Å². The van der Waals surface area contributed by atoms with Crippen molar-refractivity contribution in [2.75, 3.05) is 10.6 Å². The number of halogens is 2. The van der Waals surface area contributed by atoms with Gasteiger partial charge in [-0.15, -0.1) is 11.8 Å². The predicted octanol–water partition coefficient (Wildman–Crippen LogP) is 8.56. The van der Waals surface area contributed by atoms with Crippen molar-refractivity contribution in [2.24, 2.45) is 0 Å². The molecule has 7 nitrogen and oxygen atoms in total. The minimum atomic E-state index is -0.716. The third-order valence-electron chi connectivity index (χ3n) is 7.06. The van der Waals surface area contributed by atoms with E-state index in [1.165, 1.54) is 43.0 Å². The molecule has 0 aromatic heterocycles. The van der Waals surface area contributed by atoms with Crippen molar-refractivity contribution in [3.05, 3.63) is 166 Å². The fourth-order valence-corrected chi connectivity index (χ4v) is 5.91. The van der Waals surface area contributed by atoms with Gasteiger partial charge in [0.25, 0.3) is 11.8 Å². The maximum absolute atomic E-state index is 14.7. The van der Waals surface area contributed by atoms with Crippen molar-refractivity contribution < 1.29 is 23.6 Å². The molecule has 48 heavy (non-hydrogen) atoms. The molecular formula is C38H29ClFN3O4S. The molecule has 0 bridgehead atoms. The summed E-state index contributed by atoms with van der Waals surface area (Å²) < 4.78 is 14.7. The second-order valence-corrected chi connectivity index (χ2v) is 12.1. The Labute approximate surface area is 286 Å². The molecule has 5 aromatic carbocycles. The van der Waals surface area contributed by atoms with Gasteiger partial charge in [0, 0.05) is 33.0 Å². The van der Waals surface area contributed by atoms with Gasteiger partial charge in [0.1, 0.15) is 16.8 Å². The van der Waals surface area contributed by atoms with Crippen LogP contribution in [0.1, 0.15) is 44.0 Å². The zero-order valence-electron chi connectivity index (χ0n) is 25.6. The summed E-state index contributed by atoms with van der Waals surface area (Å²) in [6.07, 6.45) is 1.19. The Morgan fingerprint density at radius 2 is 1.40 bits per heavy atom. The summed E-state index contributed by atoms with van der Waals surface area (Å²) in [7, 11) is 0. The molecule has 3 N–H and O–H groups in total. The molecule has 0 saturated carbocycles. The van der Waals surface area contributed by atoms with Crippen LogP contribution in [-0.4, -0.2) is 23.5 Å². The van der Waals surface area contributed by atoms with Crippen LogP contribution in [0.15, 0.2) is 138 Å². The fourth-order valence-electron chi connectivity index (χ4n) is 4.61. The topological polar surface area (TPSA) is 104 Å². The second-order valence-electron chi connectivity index (χ2n) is 10.5. The van der Waals surface area contributed by atoms with Crippen molar-refractivity contribution >= 4 is 64.3 Å². The largest absolute Gasteiger partial charge is 0.325 e. The van der Waals surface area contributed by atoms with E-state index < -0.39 is 22.9 Å². The van der Waals surface area contributed by atoms with E-state index >= 15 is 0 Å². The Kier molecular flexibility index (Phi) is 11.2. The Morgan fingerprint density at radius 3 is 2.06 bits per heavy atom. The van der Waals surface area contributed by atoms with E-state index in [1.54, 1.807) is 78.9 Å². The number of carbonyl (C=O) groups excluding carboxylic acids is 4. The van der Waals surface area contributed by atoms with Crippen LogP contribution >= 0.6 is 23.4 Å². The maximum Gasteiger partial charge on any atom is 0.272 e. The molecule has 0 saturated heterocycles. The van der Waals surface area contributed by atoms with Crippen LogP contribution < -0.4 is 16.0 Å². The SMILES string of the molecule is CC(=O)c1ccc(NC(=O)C(Sc2cccc(NC(=O)/C(=C\c3c(F)cccc3Cl)NC(=O)c3ccccc3)c2)c2ccccc2)cc1. The average molecular weight is 678 g/mol. The fraction of sp³-hybridized carbons (Fsp3) is 0.0526. The lowest BCUT2D eigenvalue weighted by Gasteiger charge is -2.18. The van der Waals surface area contributed by atoms with Gasteiger partial charge in [0.05, 0.1) is 5.02 Å². The van der Waals surface area contributed by atoms with Gasteiger partial charge in [-0.25, -0.2) is 4.39 Å². The minimum absolute atomic E-state index is 0.0605. The van der Waals surface area contributed by atoms with E-state index in [1.807, 2.05) is 30.3 Å². The monoisotopic (exact) mass is 677 g/mol. The second kappa shape index (κ2) is 15.9. The number of ketones is 1. The molecule has 3 amide bonds. The number of amides is 3. The zero-order valence-corrected chi connectivity index (χ0v) is 27.1. The number of hydrogen-bond acceptors (Lipinski definition) is 5. The molecule has 0 aliphatic rings. The smallest absolute Gasteiger partial charge is 0.272 e. The average Bonchev–Trinajstić information content (AvgIpc) is 3.09. The normalized spacial score (nSPS) is 11.7. The van der Waals surface area contributed by atoms with Crippen molar-refractivity contribution in [3.8, 4) is 0 Å². The summed E-state index contributed by atoms with van der Waals surface area (Å²) in [6, 6.07) is 35.2. The standard InChI is InChI=1S/C38H29ClFN3O4S/c1-24(44)25-18-20-28(21-19-25)41-38(47)35(26-10-4-2-5-11-26)48-30-15-8-14-29(22-30)42-37(46)34(23-31-32(39)16-9-17-33(31)40)43-36(45)27-12-6-3-7-13-27/h2-23,35H,1H3,(H,41,47)(H,42,46)(H,43,45)/b34-23+. The molecule has 1 atom stereocenters. The van der Waals surface area contributed by atoms with Crippen LogP contribution in [0.5, 0.6) is 0 Å². The highest BCUT2D eigenvalue weighted by molar-refractivity contribution is 8.00. The first-order chi connectivity index (χ1) is 23.2. The van der Waals surface area contributed by atoms with Gasteiger partial charge in [-0.3, -0.25) is 19.2 Å². The van der Waals surface area contributed by atoms with Crippen molar-refractivity contribution in [1.29, 1.82) is 0 Å². The molecule has 0 radical (unpaired) electrons. The zero-order chi connectivity index (χ0) is 34.0. The lowest BCUT2D eigenvalue weighted by Crippen LogP contribution is -2.30. The molecular weight excluding hydrogens is 649 g/mol. The van der Waals surface area contributed by atoms with E-state index in [4.69, 9.17) is 11.6 Å². The number of benzene rings is 5. The molecule has 10 heteroatoms. The van der Waals surface area contributed by atoms with Gasteiger partial charge in [-0.1, -0.05) is 72.3 Å². The quantitative estimate of drug-likeness (QED) is 0.0738. The molecule has 5 rings (SSSR count). The lowest BCUT2D eigenvalue weighted by molar-refractivity contribution is -0.116. The van der Waals surface area contributed by atoms with E-state index in [-0.39, 0.29) is 28.0 Å². The summed E-state index contributed by atoms with van der Waals surface area (Å²) in [4.78, 5) is 52.5. The summed E-state index contributed by atoms with van der Waals surface area (Å²) in [5, 5.41) is 7.66. The van der Waals surface area contributed by atoms with Gasteiger partial charge in [-0.05, 0) is 85.3 Å². The van der Waals surface area contributed by atoms with Gasteiger partial charge in [0.2, 0.25) is 5.91 Å². The number of rotatable bonds is 11. The molecule has 0 fully saturated rings. The van der Waals surface area contributed by atoms with Gasteiger partial charge in [0.15, 0.2) is 5.78 Å². The minimum Gasteiger partial charge on any atom is -0.325 e. The van der Waals surface area contributed by atoms with Crippen LogP contribution in [0.3, 0.4) is 0 Å². The lowest BCUT2D eigenvalue weighted by atomic mass is 10.1. The third-order valence-corrected chi connectivity index (χ3v) is 8.64. The summed E-state index contributed by atoms with van der Waals surface area (Å²) in [5.74, 6) is -2.31. The Morgan fingerprint density at radius 1 is 0.729 bits per heavy atom. The van der Waals surface area contributed by atoms with E-state index in [0.717, 1.165) is 5.56 Å². The highest BCUT2D eigenvalue weighted by Gasteiger charge is 2.23. The molecule has 240 valence electrons. The van der Waals surface area contributed by atoms with Crippen molar-refractivity contribution in [1.82, 2.24) is 5.32 Å². The first kappa shape index (κ1) is 33.8. The summed E-state index contributed by atoms with van der Waals surface area (Å²) in [6.45, 7) is 1.47. The Bertz CT molecular complexity index is 1970. The molecule has 5 aromatic rings. The Balaban J connectivity index is 1.39. The van der Waals surface area contributed by atoms with Gasteiger partial charge in [-0.2, -0.15) is 0 Å². The third kappa shape index (κ3) is 8.85. The number of carbonyl (C=O) groups is 4. The molecule has 0 heterocycles. The summed E-state index contributed by atoms with van der Waals surface area (Å²) >= 11 is 7.50. The van der Waals surface area contributed by atoms with E-state index in [2.05, 4.69) is 16.0 Å². The van der Waals surface area contributed by atoms with Gasteiger partial charge >= 0.3 is 0 Å². The number of anilines is 2. The summed E-state index contributed by atoms with van der Waals surface area (Å²) in [5.41, 5.74) is 2.21. The first-order valence-electron chi connectivity index (χ1n) is 14.7. The number of nitrogens with one attached hydrogen (secondary N) is 3. The molecule has 0 spiro atoms. The van der Waals surface area contributed by atoms with Crippen LogP contribution in [0.4, 0.5) is 15.8 Å². The molecule has 1 unspecified atom stereocenters. The van der Waals surface area contributed by atoms with Crippen LogP contribution in [0.2, 0.25) is 5.02 Å². The van der Waals surface area contributed by atoms with Crippen LogP contribution in [0, 0.1) is 5.82 Å². The van der Waals surface area contributed by atoms with Crippen molar-refractivity contribution in [3.63, 3.8) is 0 Å².